The minimum atomic E-state index is 0. The van der Waals surface area contributed by atoms with Gasteiger partial charge in [0.25, 0.3) is 0 Å². The minimum Gasteiger partial charge on any atom is -1.00 e. The second-order valence-electron chi connectivity index (χ2n) is 19.2. The van der Waals surface area contributed by atoms with E-state index in [9.17, 15) is 0 Å². The van der Waals surface area contributed by atoms with Crippen LogP contribution in [0, 0.1) is 19.4 Å². The van der Waals surface area contributed by atoms with Gasteiger partial charge in [-0.05, 0) is 89.5 Å². The van der Waals surface area contributed by atoms with E-state index in [0.29, 0.717) is 0 Å². The molecule has 3 aromatic heterocycles. The fourth-order valence-electron chi connectivity index (χ4n) is 10.2. The molecule has 85 heavy (non-hydrogen) atoms. The van der Waals surface area contributed by atoms with E-state index in [4.69, 9.17) is 0 Å². The number of rotatable bonds is 11. The number of anilines is 10. The molecule has 2 N–H and O–H groups in total. The first-order valence-corrected chi connectivity index (χ1v) is 27.0. The summed E-state index contributed by atoms with van der Waals surface area (Å²) in [5.74, 6) is 2.78. The molecule has 0 aliphatic carbocycles. The molecule has 5 heterocycles. The number of nitrogens with two attached hydrogens (primary N) is 1. The van der Waals surface area contributed by atoms with Crippen molar-refractivity contribution in [2.45, 2.75) is 0 Å². The Morgan fingerprint density at radius 2 is 0.788 bits per heavy atom. The summed E-state index contributed by atoms with van der Waals surface area (Å²) >= 11 is 0. The van der Waals surface area contributed by atoms with Gasteiger partial charge in [0.1, 0.15) is 17.3 Å². The van der Waals surface area contributed by atoms with Crippen molar-refractivity contribution in [2.75, 3.05) is 31.5 Å². The summed E-state index contributed by atoms with van der Waals surface area (Å²) < 4.78 is 0. The van der Waals surface area contributed by atoms with E-state index in [1.807, 2.05) is 116 Å². The average Bonchev–Trinajstić information content (AvgIpc) is 4.35. The molecule has 0 atom stereocenters. The van der Waals surface area contributed by atoms with Crippen molar-refractivity contribution in [3.63, 3.8) is 0 Å². The molecule has 14 rings (SSSR count). The molecule has 0 bridgehead atoms. The van der Waals surface area contributed by atoms with Crippen molar-refractivity contribution in [3.8, 4) is 33.4 Å². The Labute approximate surface area is 540 Å². The van der Waals surface area contributed by atoms with Gasteiger partial charge >= 0.3 is 22.4 Å². The van der Waals surface area contributed by atoms with Crippen molar-refractivity contribution in [1.29, 1.82) is 0 Å². The predicted octanol–water partition coefficient (Wildman–Crippen LogP) is 14.6. The molecule has 0 amide bonds. The van der Waals surface area contributed by atoms with Crippen LogP contribution in [0.25, 0.3) is 33.4 Å². The van der Waals surface area contributed by atoms with E-state index in [1.54, 1.807) is 0 Å². The predicted molar refractivity (Wildman–Crippen MR) is 340 cm³/mol. The molecule has 1 radical (unpaired) electrons. The largest absolute Gasteiger partial charge is 1.00 e. The van der Waals surface area contributed by atoms with Gasteiger partial charge in [-0.3, -0.25) is 5.32 Å². The Morgan fingerprint density at radius 1 is 0.388 bits per heavy atom. The van der Waals surface area contributed by atoms with Crippen LogP contribution >= 0.6 is 12.4 Å². The van der Waals surface area contributed by atoms with E-state index in [0.717, 1.165) is 63.0 Å². The standard InChI is InChI=1S/C24H18N3.C24H17N3.C24H21N3.Ag.2ClH.Ir/c2*1-3-10-19(11-4-1)21-14-7-8-15-22(21)27-18-26(20-12-5-2-6-13-20)24-23(27)16-9-17-25-24;1-27(20-13-6-3-7-14-20)24-23(17-10-18-25-24)26-22-16-9-8-15-21(22)19-11-4-2-5-12-19;;;;/h1-18H;1-12,14-18H;2-18,26H,1H3;;2*1H;/q-1;-2;;+1;;;. The number of nitrogens with zero attached hydrogens (tertiary/aromatic N) is 8. The maximum Gasteiger partial charge on any atom is 1.00 e. The number of pyridine rings is 3. The molecule has 2 aliphatic heterocycles. The molecule has 2 aliphatic rings. The Bertz CT molecular complexity index is 3810. The summed E-state index contributed by atoms with van der Waals surface area (Å²) in [7, 11) is 2.05. The van der Waals surface area contributed by atoms with Crippen molar-refractivity contribution < 1.29 is 60.2 Å². The van der Waals surface area contributed by atoms with Gasteiger partial charge < -0.3 is 36.9 Å². The fourth-order valence-corrected chi connectivity index (χ4v) is 10.2. The summed E-state index contributed by atoms with van der Waals surface area (Å²) in [5.41, 5.74) is 17.0. The third-order valence-electron chi connectivity index (χ3n) is 14.1. The third kappa shape index (κ3) is 14.1. The van der Waals surface area contributed by atoms with Gasteiger partial charge in [-0.2, -0.15) is 30.3 Å². The minimum absolute atomic E-state index is 0. The molecular weight excluding hydrogens is 1360 g/mol. The maximum atomic E-state index is 4.65. The van der Waals surface area contributed by atoms with E-state index in [-0.39, 0.29) is 67.3 Å². The molecule has 0 unspecified atom stereocenters. The summed E-state index contributed by atoms with van der Waals surface area (Å²) in [5, 5.41) is 2.21. The van der Waals surface area contributed by atoms with Gasteiger partial charge in [0.15, 0.2) is 11.5 Å². The molecule has 13 heteroatoms. The molecule has 0 saturated heterocycles. The van der Waals surface area contributed by atoms with E-state index >= 15 is 0 Å². The molecule has 0 saturated carbocycles. The first-order chi connectivity index (χ1) is 40.2. The van der Waals surface area contributed by atoms with Gasteiger partial charge in [0.05, 0.1) is 11.4 Å². The molecule has 9 nitrogen and oxygen atoms in total. The van der Waals surface area contributed by atoms with E-state index < -0.39 is 0 Å². The number of hydrogen-bond acceptors (Lipinski definition) is 8. The van der Waals surface area contributed by atoms with Gasteiger partial charge in [-0.25, -0.2) is 15.0 Å². The number of hydrogen-bond donors (Lipinski definition) is 1. The Kier molecular flexibility index (Phi) is 22.2. The van der Waals surface area contributed by atoms with E-state index in [2.05, 4.69) is 259 Å². The molecule has 12 aromatic rings. The summed E-state index contributed by atoms with van der Waals surface area (Å²) in [4.78, 5) is 24.7. The number of fused-ring (bicyclic) bond motifs is 2. The van der Waals surface area contributed by atoms with Crippen LogP contribution in [0.2, 0.25) is 0 Å². The zero-order valence-corrected chi connectivity index (χ0v) is 51.5. The first-order valence-electron chi connectivity index (χ1n) is 27.0. The fraction of sp³-hybridized carbons (Fsp3) is 0.0139. The van der Waals surface area contributed by atoms with Gasteiger partial charge in [-0.1, -0.05) is 176 Å². The Balaban J connectivity index is 0.000000162. The van der Waals surface area contributed by atoms with Crippen LogP contribution in [0.1, 0.15) is 0 Å². The summed E-state index contributed by atoms with van der Waals surface area (Å²) in [6, 6.07) is 101. The number of quaternary nitrogens is 1. The molecular formula is C72H58AgCl2IrN9-2. The van der Waals surface area contributed by atoms with Crippen LogP contribution in [0.15, 0.2) is 304 Å². The summed E-state index contributed by atoms with van der Waals surface area (Å²) in [6.07, 6.45) is 5.51. The van der Waals surface area contributed by atoms with Crippen LogP contribution in [-0.2, 0) is 42.5 Å². The smallest absolute Gasteiger partial charge is 1.00 e. The number of benzene rings is 9. The van der Waals surface area contributed by atoms with Gasteiger partial charge in [0.2, 0.25) is 0 Å². The number of para-hydroxylation sites is 6. The Hall–Kier alpha value is -8.64. The second kappa shape index (κ2) is 30.3. The van der Waals surface area contributed by atoms with Crippen LogP contribution < -0.4 is 42.2 Å². The zero-order valence-electron chi connectivity index (χ0n) is 46.1. The monoisotopic (exact) mass is 1420 g/mol. The van der Waals surface area contributed by atoms with Crippen molar-refractivity contribution in [2.24, 2.45) is 0 Å². The maximum absolute atomic E-state index is 4.65. The van der Waals surface area contributed by atoms with Crippen molar-refractivity contribution >= 4 is 81.0 Å². The SMILES string of the molecule is CN(c1ccccc1)c1ncccc1[NH2+]c1ccccc1-c1ccccc1.Cl.[Ag+].[Cl-].[Ir].[c-]1ccccc1N1[CH-]N(c2ccccc2-c2ccccc2)c2cccnc21.c1ccc(-c2ccccc2N2[CH-]N(c3ccccc3)c3ncccc32)cc1. The quantitative estimate of drug-likeness (QED) is 0.0780. The second-order valence-corrected chi connectivity index (χ2v) is 19.2. The molecule has 9 aromatic carbocycles. The van der Waals surface area contributed by atoms with Crippen LogP contribution in [0.3, 0.4) is 0 Å². The average molecular weight is 1420 g/mol. The normalized spacial score (nSPS) is 11.5. The molecule has 427 valence electrons. The first kappa shape index (κ1) is 62.4. The van der Waals surface area contributed by atoms with Crippen LogP contribution in [-0.4, -0.2) is 22.0 Å². The number of aromatic nitrogens is 3. The molecule has 0 spiro atoms. The van der Waals surface area contributed by atoms with Gasteiger partial charge in [0, 0.05) is 97.3 Å². The van der Waals surface area contributed by atoms with Crippen molar-refractivity contribution in [3.05, 3.63) is 323 Å². The zero-order chi connectivity index (χ0) is 54.6. The Morgan fingerprint density at radius 3 is 1.33 bits per heavy atom. The van der Waals surface area contributed by atoms with Crippen molar-refractivity contribution in [1.82, 2.24) is 15.0 Å². The summed E-state index contributed by atoms with van der Waals surface area (Å²) in [6.45, 7) is 4.21. The van der Waals surface area contributed by atoms with Gasteiger partial charge in [-0.15, -0.1) is 31.4 Å². The van der Waals surface area contributed by atoms with Crippen LogP contribution in [0.5, 0.6) is 0 Å². The van der Waals surface area contributed by atoms with Crippen LogP contribution in [0.4, 0.5) is 68.6 Å². The third-order valence-corrected chi connectivity index (χ3v) is 14.1. The van der Waals surface area contributed by atoms with E-state index in [1.165, 1.54) is 39.1 Å². The topological polar surface area (TPSA) is 71.5 Å². The number of halogens is 2. The molecule has 0 fully saturated rings.